The molecule has 1 nitrogen and oxygen atoms in total. The number of hydrogen-bond acceptors (Lipinski definition) is 1. The van der Waals surface area contributed by atoms with Crippen molar-refractivity contribution in [1.82, 2.24) is 5.32 Å². The van der Waals surface area contributed by atoms with Gasteiger partial charge in [-0.05, 0) is 37.1 Å². The molecule has 1 spiro atoms. The third-order valence-electron chi connectivity index (χ3n) is 3.19. The van der Waals surface area contributed by atoms with Gasteiger partial charge in [-0.25, -0.2) is 0 Å². The summed E-state index contributed by atoms with van der Waals surface area (Å²) in [6, 6.07) is 0. The molecule has 0 aromatic carbocycles. The van der Waals surface area contributed by atoms with Crippen molar-refractivity contribution in [2.24, 2.45) is 11.3 Å². The highest BCUT2D eigenvalue weighted by atomic mass is 14.9. The molecule has 0 bridgehead atoms. The van der Waals surface area contributed by atoms with Gasteiger partial charge >= 0.3 is 0 Å². The van der Waals surface area contributed by atoms with E-state index >= 15 is 0 Å². The highest BCUT2D eigenvalue weighted by Crippen LogP contribution is 2.46. The van der Waals surface area contributed by atoms with E-state index in [-0.39, 0.29) is 0 Å². The Morgan fingerprint density at radius 1 is 1.40 bits per heavy atom. The first-order chi connectivity index (χ1) is 4.81. The second kappa shape index (κ2) is 2.23. The van der Waals surface area contributed by atoms with Crippen molar-refractivity contribution < 1.29 is 0 Å². The Hall–Kier alpha value is -0.0400. The minimum absolute atomic E-state index is 0.762. The Morgan fingerprint density at radius 2 is 2.20 bits per heavy atom. The molecular weight excluding hydrogens is 122 g/mol. The zero-order chi connectivity index (χ0) is 7.03. The maximum absolute atomic E-state index is 3.53. The summed E-state index contributed by atoms with van der Waals surface area (Å²) in [4.78, 5) is 0. The van der Waals surface area contributed by atoms with Crippen molar-refractivity contribution in [3.05, 3.63) is 0 Å². The molecule has 10 heavy (non-hydrogen) atoms. The maximum atomic E-state index is 3.53. The highest BCUT2D eigenvalue weighted by Gasteiger charge is 2.39. The van der Waals surface area contributed by atoms with E-state index in [1.54, 1.807) is 0 Å². The zero-order valence-corrected chi connectivity index (χ0v) is 6.82. The minimum Gasteiger partial charge on any atom is -0.316 e. The maximum Gasteiger partial charge on any atom is 0.000803 e. The first kappa shape index (κ1) is 6.66. The van der Waals surface area contributed by atoms with E-state index in [1.165, 1.54) is 38.8 Å². The first-order valence-electron chi connectivity index (χ1n) is 4.52. The zero-order valence-electron chi connectivity index (χ0n) is 6.82. The molecule has 1 atom stereocenters. The van der Waals surface area contributed by atoms with E-state index in [9.17, 15) is 0 Å². The van der Waals surface area contributed by atoms with Crippen molar-refractivity contribution in [3.63, 3.8) is 0 Å². The van der Waals surface area contributed by atoms with Gasteiger partial charge in [0.1, 0.15) is 0 Å². The van der Waals surface area contributed by atoms with Crippen LogP contribution in [-0.4, -0.2) is 13.1 Å². The van der Waals surface area contributed by atoms with Crippen LogP contribution >= 0.6 is 0 Å². The molecular formula is C9H17N. The Labute approximate surface area is 63.2 Å². The average Bonchev–Trinajstić information content (AvgIpc) is 1.85. The number of rotatable bonds is 0. The molecule has 2 fully saturated rings. The van der Waals surface area contributed by atoms with Crippen LogP contribution in [0.2, 0.25) is 0 Å². The molecule has 0 unspecified atom stereocenters. The monoisotopic (exact) mass is 139 g/mol. The first-order valence-corrected chi connectivity index (χ1v) is 4.52. The molecule has 2 rings (SSSR count). The minimum atomic E-state index is 0.762. The van der Waals surface area contributed by atoms with Crippen LogP contribution in [0.25, 0.3) is 0 Å². The third-order valence-corrected chi connectivity index (χ3v) is 3.19. The van der Waals surface area contributed by atoms with Crippen molar-refractivity contribution in [2.45, 2.75) is 32.6 Å². The summed E-state index contributed by atoms with van der Waals surface area (Å²) in [6.45, 7) is 4.92. The van der Waals surface area contributed by atoms with Gasteiger partial charge in [0.15, 0.2) is 0 Å². The van der Waals surface area contributed by atoms with Gasteiger partial charge in [0.25, 0.3) is 0 Å². The van der Waals surface area contributed by atoms with Crippen LogP contribution in [0.3, 0.4) is 0 Å². The van der Waals surface area contributed by atoms with Crippen LogP contribution in [0.5, 0.6) is 0 Å². The van der Waals surface area contributed by atoms with Crippen molar-refractivity contribution in [3.8, 4) is 0 Å². The Morgan fingerprint density at radius 3 is 2.60 bits per heavy atom. The fourth-order valence-electron chi connectivity index (χ4n) is 2.52. The van der Waals surface area contributed by atoms with Crippen LogP contribution in [0, 0.1) is 11.3 Å². The summed E-state index contributed by atoms with van der Waals surface area (Å²) in [5, 5.41) is 3.53. The number of piperidine rings is 1. The van der Waals surface area contributed by atoms with E-state index in [0.717, 1.165) is 11.3 Å². The van der Waals surface area contributed by atoms with Gasteiger partial charge in [-0.3, -0.25) is 0 Å². The summed E-state index contributed by atoms with van der Waals surface area (Å²) in [5.74, 6) is 0.925. The van der Waals surface area contributed by atoms with Crippen molar-refractivity contribution >= 4 is 0 Å². The van der Waals surface area contributed by atoms with Crippen molar-refractivity contribution in [2.75, 3.05) is 13.1 Å². The molecule has 1 saturated heterocycles. The van der Waals surface area contributed by atoms with Gasteiger partial charge < -0.3 is 5.32 Å². The van der Waals surface area contributed by atoms with E-state index in [0.29, 0.717) is 0 Å². The molecule has 1 aliphatic carbocycles. The molecule has 1 heteroatoms. The van der Waals surface area contributed by atoms with E-state index in [1.807, 2.05) is 0 Å². The molecule has 1 N–H and O–H groups in total. The van der Waals surface area contributed by atoms with Gasteiger partial charge in [0.05, 0.1) is 0 Å². The summed E-state index contributed by atoms with van der Waals surface area (Å²) >= 11 is 0. The van der Waals surface area contributed by atoms with Gasteiger partial charge in [-0.2, -0.15) is 0 Å². The fraction of sp³-hybridized carbons (Fsp3) is 1.00. The SMILES string of the molecule is C[C@H]1CNCC2(CCC2)C1. The molecule has 2 aliphatic rings. The molecule has 0 aromatic rings. The molecule has 1 aliphatic heterocycles. The van der Waals surface area contributed by atoms with Gasteiger partial charge in [0, 0.05) is 6.54 Å². The fourth-order valence-corrected chi connectivity index (χ4v) is 2.52. The Kier molecular flexibility index (Phi) is 1.48. The topological polar surface area (TPSA) is 12.0 Å². The van der Waals surface area contributed by atoms with Crippen LogP contribution in [0.15, 0.2) is 0 Å². The van der Waals surface area contributed by atoms with Crippen LogP contribution in [0.4, 0.5) is 0 Å². The Balaban J connectivity index is 1.96. The third kappa shape index (κ3) is 0.968. The average molecular weight is 139 g/mol. The molecule has 0 amide bonds. The number of hydrogen-bond donors (Lipinski definition) is 1. The predicted octanol–water partition coefficient (Wildman–Crippen LogP) is 1.79. The lowest BCUT2D eigenvalue weighted by molar-refractivity contribution is 0.0678. The largest absolute Gasteiger partial charge is 0.316 e. The summed E-state index contributed by atoms with van der Waals surface area (Å²) in [5.41, 5.74) is 0.762. The number of nitrogens with one attached hydrogen (secondary N) is 1. The van der Waals surface area contributed by atoms with E-state index < -0.39 is 0 Å². The molecule has 1 heterocycles. The summed E-state index contributed by atoms with van der Waals surface area (Å²) < 4.78 is 0. The lowest BCUT2D eigenvalue weighted by Gasteiger charge is -2.47. The summed E-state index contributed by atoms with van der Waals surface area (Å²) in [6.07, 6.45) is 5.95. The van der Waals surface area contributed by atoms with Crippen molar-refractivity contribution in [1.29, 1.82) is 0 Å². The lowest BCUT2D eigenvalue weighted by atomic mass is 9.63. The van der Waals surface area contributed by atoms with Gasteiger partial charge in [-0.1, -0.05) is 13.3 Å². The molecule has 0 aromatic heterocycles. The second-order valence-electron chi connectivity index (χ2n) is 4.29. The van der Waals surface area contributed by atoms with Gasteiger partial charge in [0.2, 0.25) is 0 Å². The normalized spacial score (nSPS) is 37.5. The smallest absolute Gasteiger partial charge is 0.000803 e. The van der Waals surface area contributed by atoms with Gasteiger partial charge in [-0.15, -0.1) is 0 Å². The molecule has 1 saturated carbocycles. The van der Waals surface area contributed by atoms with Crippen LogP contribution < -0.4 is 5.32 Å². The highest BCUT2D eigenvalue weighted by molar-refractivity contribution is 4.93. The van der Waals surface area contributed by atoms with Crippen LogP contribution in [-0.2, 0) is 0 Å². The molecule has 0 radical (unpaired) electrons. The Bertz CT molecular complexity index is 127. The quantitative estimate of drug-likeness (QED) is 0.539. The summed E-state index contributed by atoms with van der Waals surface area (Å²) in [7, 11) is 0. The standard InChI is InChI=1S/C9H17N/c1-8-5-9(3-2-4-9)7-10-6-8/h8,10H,2-7H2,1H3/t8-/m1/s1. The van der Waals surface area contributed by atoms with Crippen LogP contribution in [0.1, 0.15) is 32.6 Å². The predicted molar refractivity (Wildman–Crippen MR) is 42.9 cm³/mol. The molecule has 58 valence electrons. The lowest BCUT2D eigenvalue weighted by Crippen LogP contribution is -2.47. The van der Waals surface area contributed by atoms with E-state index in [2.05, 4.69) is 12.2 Å². The second-order valence-corrected chi connectivity index (χ2v) is 4.29. The van der Waals surface area contributed by atoms with E-state index in [4.69, 9.17) is 0 Å².